The Morgan fingerprint density at radius 1 is 1.21 bits per heavy atom. The van der Waals surface area contributed by atoms with Crippen LogP contribution in [0.15, 0.2) is 18.2 Å². The van der Waals surface area contributed by atoms with Gasteiger partial charge in [0, 0.05) is 30.5 Å². The first-order chi connectivity index (χ1) is 9.00. The third kappa shape index (κ3) is 3.63. The molecule has 0 amide bonds. The van der Waals surface area contributed by atoms with Crippen LogP contribution in [0.25, 0.3) is 0 Å². The Labute approximate surface area is 116 Å². The average Bonchev–Trinajstić information content (AvgIpc) is 2.39. The molecule has 1 saturated heterocycles. The quantitative estimate of drug-likeness (QED) is 0.904. The van der Waals surface area contributed by atoms with E-state index in [9.17, 15) is 0 Å². The van der Waals surface area contributed by atoms with E-state index >= 15 is 0 Å². The molecule has 0 bridgehead atoms. The molecule has 0 aromatic heterocycles. The Kier molecular flexibility index (Phi) is 4.35. The number of nitrogens with one attached hydrogen (secondary N) is 1. The first kappa shape index (κ1) is 14.2. The monoisotopic (exact) mass is 263 g/mol. The summed E-state index contributed by atoms with van der Waals surface area (Å²) in [5, 5.41) is 3.61. The molecule has 19 heavy (non-hydrogen) atoms. The normalized spacial score (nSPS) is 17.3. The topological polar surface area (TPSA) is 30.5 Å². The van der Waals surface area contributed by atoms with Crippen molar-refractivity contribution in [3.05, 3.63) is 23.8 Å². The van der Waals surface area contributed by atoms with E-state index in [4.69, 9.17) is 9.47 Å². The summed E-state index contributed by atoms with van der Waals surface area (Å²) in [7, 11) is 1.73. The van der Waals surface area contributed by atoms with Gasteiger partial charge in [-0.3, -0.25) is 0 Å². The number of benzene rings is 1. The maximum absolute atomic E-state index is 5.47. The molecule has 0 spiro atoms. The Bertz CT molecular complexity index is 417. The van der Waals surface area contributed by atoms with Gasteiger partial charge < -0.3 is 14.8 Å². The van der Waals surface area contributed by atoms with Crippen LogP contribution in [0.1, 0.15) is 39.2 Å². The van der Waals surface area contributed by atoms with Gasteiger partial charge in [0.1, 0.15) is 5.75 Å². The summed E-state index contributed by atoms with van der Waals surface area (Å²) in [6.07, 6.45) is 2.16. The van der Waals surface area contributed by atoms with Gasteiger partial charge in [0.2, 0.25) is 0 Å². The lowest BCUT2D eigenvalue weighted by molar-refractivity contribution is 0.0904. The second kappa shape index (κ2) is 5.83. The van der Waals surface area contributed by atoms with E-state index in [2.05, 4.69) is 44.3 Å². The molecule has 1 N–H and O–H groups in total. The van der Waals surface area contributed by atoms with Crippen molar-refractivity contribution in [2.24, 2.45) is 0 Å². The summed E-state index contributed by atoms with van der Waals surface area (Å²) in [6, 6.07) is 6.90. The third-order valence-corrected chi connectivity index (χ3v) is 3.60. The molecule has 3 nitrogen and oxygen atoms in total. The average molecular weight is 263 g/mol. The van der Waals surface area contributed by atoms with Gasteiger partial charge in [-0.1, -0.05) is 20.8 Å². The molecular weight excluding hydrogens is 238 g/mol. The second-order valence-corrected chi connectivity index (χ2v) is 6.20. The van der Waals surface area contributed by atoms with E-state index in [1.807, 2.05) is 0 Å². The van der Waals surface area contributed by atoms with Crippen molar-refractivity contribution in [2.45, 2.75) is 45.1 Å². The van der Waals surface area contributed by atoms with E-state index in [0.717, 1.165) is 31.8 Å². The highest BCUT2D eigenvalue weighted by Gasteiger charge is 2.20. The predicted molar refractivity (Wildman–Crippen MR) is 79.2 cm³/mol. The molecule has 0 unspecified atom stereocenters. The van der Waals surface area contributed by atoms with E-state index in [0.29, 0.717) is 6.04 Å². The van der Waals surface area contributed by atoms with Gasteiger partial charge in [-0.05, 0) is 36.5 Å². The molecule has 2 rings (SSSR count). The second-order valence-electron chi connectivity index (χ2n) is 6.20. The Morgan fingerprint density at radius 2 is 1.89 bits per heavy atom. The molecule has 0 radical (unpaired) electrons. The van der Waals surface area contributed by atoms with Crippen molar-refractivity contribution in [1.29, 1.82) is 0 Å². The highest BCUT2D eigenvalue weighted by atomic mass is 16.5. The van der Waals surface area contributed by atoms with Crippen molar-refractivity contribution in [3.63, 3.8) is 0 Å². The maximum Gasteiger partial charge on any atom is 0.122 e. The van der Waals surface area contributed by atoms with Gasteiger partial charge in [-0.15, -0.1) is 0 Å². The Morgan fingerprint density at radius 3 is 2.47 bits per heavy atom. The SMILES string of the molecule is COc1ccc(NC2CCOCC2)cc1C(C)(C)C. The van der Waals surface area contributed by atoms with Crippen LogP contribution in [0.5, 0.6) is 5.75 Å². The Hall–Kier alpha value is -1.22. The lowest BCUT2D eigenvalue weighted by atomic mass is 9.86. The number of methoxy groups -OCH3 is 1. The first-order valence-corrected chi connectivity index (χ1v) is 7.03. The molecule has 3 heteroatoms. The summed E-state index contributed by atoms with van der Waals surface area (Å²) in [6.45, 7) is 8.36. The van der Waals surface area contributed by atoms with Crippen molar-refractivity contribution in [3.8, 4) is 5.75 Å². The highest BCUT2D eigenvalue weighted by molar-refractivity contribution is 5.53. The number of hydrogen-bond acceptors (Lipinski definition) is 3. The highest BCUT2D eigenvalue weighted by Crippen LogP contribution is 2.33. The van der Waals surface area contributed by atoms with Crippen molar-refractivity contribution in [2.75, 3.05) is 25.6 Å². The van der Waals surface area contributed by atoms with Gasteiger partial charge in [-0.25, -0.2) is 0 Å². The summed E-state index contributed by atoms with van der Waals surface area (Å²) < 4.78 is 10.9. The van der Waals surface area contributed by atoms with E-state index in [1.165, 1.54) is 11.3 Å². The zero-order valence-corrected chi connectivity index (χ0v) is 12.5. The van der Waals surface area contributed by atoms with Crippen LogP contribution < -0.4 is 10.1 Å². The van der Waals surface area contributed by atoms with Crippen LogP contribution in [-0.2, 0) is 10.2 Å². The van der Waals surface area contributed by atoms with Crippen LogP contribution in [0.2, 0.25) is 0 Å². The lowest BCUT2D eigenvalue weighted by Gasteiger charge is -2.27. The lowest BCUT2D eigenvalue weighted by Crippen LogP contribution is -2.28. The summed E-state index contributed by atoms with van der Waals surface area (Å²) in [5.41, 5.74) is 2.50. The molecule has 1 heterocycles. The molecule has 1 aromatic rings. The minimum atomic E-state index is 0.0821. The fourth-order valence-corrected chi connectivity index (χ4v) is 2.46. The number of ether oxygens (including phenoxy) is 2. The van der Waals surface area contributed by atoms with Crippen molar-refractivity contribution < 1.29 is 9.47 Å². The zero-order chi connectivity index (χ0) is 13.9. The predicted octanol–water partition coefficient (Wildman–Crippen LogP) is 3.58. The maximum atomic E-state index is 5.47. The standard InChI is InChI=1S/C16H25NO2/c1-16(2,3)14-11-13(5-6-15(14)18-4)17-12-7-9-19-10-8-12/h5-6,11-12,17H,7-10H2,1-4H3. The van der Waals surface area contributed by atoms with Crippen LogP contribution in [0, 0.1) is 0 Å². The van der Waals surface area contributed by atoms with E-state index in [-0.39, 0.29) is 5.41 Å². The van der Waals surface area contributed by atoms with Gasteiger partial charge in [-0.2, -0.15) is 0 Å². The summed E-state index contributed by atoms with van der Waals surface area (Å²) in [5.74, 6) is 0.963. The number of rotatable bonds is 3. The van der Waals surface area contributed by atoms with Crippen molar-refractivity contribution >= 4 is 5.69 Å². The van der Waals surface area contributed by atoms with Gasteiger partial charge in [0.25, 0.3) is 0 Å². The zero-order valence-electron chi connectivity index (χ0n) is 12.5. The molecule has 0 aliphatic carbocycles. The largest absolute Gasteiger partial charge is 0.496 e. The molecule has 106 valence electrons. The van der Waals surface area contributed by atoms with E-state index in [1.54, 1.807) is 7.11 Å². The summed E-state index contributed by atoms with van der Waals surface area (Å²) >= 11 is 0. The van der Waals surface area contributed by atoms with Crippen LogP contribution in [0.3, 0.4) is 0 Å². The number of anilines is 1. The minimum absolute atomic E-state index is 0.0821. The minimum Gasteiger partial charge on any atom is -0.496 e. The van der Waals surface area contributed by atoms with Crippen LogP contribution >= 0.6 is 0 Å². The third-order valence-electron chi connectivity index (χ3n) is 3.60. The molecule has 1 fully saturated rings. The number of hydrogen-bond donors (Lipinski definition) is 1. The summed E-state index contributed by atoms with van der Waals surface area (Å²) in [4.78, 5) is 0. The molecule has 1 aliphatic rings. The molecular formula is C16H25NO2. The van der Waals surface area contributed by atoms with Gasteiger partial charge in [0.15, 0.2) is 0 Å². The fraction of sp³-hybridized carbons (Fsp3) is 0.625. The molecule has 1 aliphatic heterocycles. The van der Waals surface area contributed by atoms with Gasteiger partial charge >= 0.3 is 0 Å². The fourth-order valence-electron chi connectivity index (χ4n) is 2.46. The molecule has 1 aromatic carbocycles. The van der Waals surface area contributed by atoms with Crippen LogP contribution in [0.4, 0.5) is 5.69 Å². The molecule has 0 atom stereocenters. The first-order valence-electron chi connectivity index (χ1n) is 7.03. The van der Waals surface area contributed by atoms with E-state index < -0.39 is 0 Å². The Balaban J connectivity index is 2.17. The van der Waals surface area contributed by atoms with Gasteiger partial charge in [0.05, 0.1) is 7.11 Å². The van der Waals surface area contributed by atoms with Crippen LogP contribution in [-0.4, -0.2) is 26.4 Å². The smallest absolute Gasteiger partial charge is 0.122 e. The molecule has 0 saturated carbocycles. The van der Waals surface area contributed by atoms with Crippen molar-refractivity contribution in [1.82, 2.24) is 0 Å².